The van der Waals surface area contributed by atoms with Gasteiger partial charge in [-0.15, -0.1) is 11.3 Å². The van der Waals surface area contributed by atoms with Crippen LogP contribution in [0.2, 0.25) is 5.02 Å². The number of hydrogen-bond acceptors (Lipinski definition) is 16. The number of H-pyrrole nitrogens is 1. The molecular weight excluding hydrogens is 1290 g/mol. The third kappa shape index (κ3) is 18.5. The number of hydrogen-bond donors (Lipinski definition) is 8. The van der Waals surface area contributed by atoms with Crippen LogP contribution in [0.5, 0.6) is 5.75 Å². The molecule has 2 aromatic heterocycles. The quantitative estimate of drug-likeness (QED) is 0.0235. The summed E-state index contributed by atoms with van der Waals surface area (Å²) in [6.07, 6.45) is 0.621. The lowest BCUT2D eigenvalue weighted by atomic mass is 9.85. The van der Waals surface area contributed by atoms with Crippen LogP contribution in [0.25, 0.3) is 21.3 Å². The fourth-order valence-electron chi connectivity index (χ4n) is 12.8. The Balaban J connectivity index is 0.868. The van der Waals surface area contributed by atoms with Crippen LogP contribution in [0.1, 0.15) is 157 Å². The van der Waals surface area contributed by atoms with Gasteiger partial charge in [-0.2, -0.15) is 0 Å². The number of carbonyl (C=O) groups excluding carboxylic acids is 9. The minimum absolute atomic E-state index is 0.000232. The number of β-amino-alcohol motifs (C(OH)–C–C–N with tert-alkyl or cyclic N) is 1. The largest absolute Gasteiger partial charge is 0.490 e. The van der Waals surface area contributed by atoms with Crippen molar-refractivity contribution in [2.45, 2.75) is 188 Å². The molecule has 3 aliphatic rings. The minimum atomic E-state index is -4.77. The first-order valence-electron chi connectivity index (χ1n) is 32.7. The lowest BCUT2D eigenvalue weighted by molar-refractivity contribution is -0.145. The van der Waals surface area contributed by atoms with E-state index >= 15 is 0 Å². The van der Waals surface area contributed by atoms with Crippen LogP contribution >= 0.6 is 30.5 Å². The molecule has 3 fully saturated rings. The van der Waals surface area contributed by atoms with Gasteiger partial charge in [-0.1, -0.05) is 68.8 Å². The second-order valence-corrected chi connectivity index (χ2v) is 29.8. The van der Waals surface area contributed by atoms with Crippen molar-refractivity contribution in [3.05, 3.63) is 105 Å². The van der Waals surface area contributed by atoms with Gasteiger partial charge >= 0.3 is 7.60 Å². The molecule has 9 N–H and O–H groups in total. The number of thiazole rings is 1. The summed E-state index contributed by atoms with van der Waals surface area (Å²) in [6, 6.07) is 12.7. The van der Waals surface area contributed by atoms with Gasteiger partial charge in [0.05, 0.1) is 45.9 Å². The Morgan fingerprint density at radius 3 is 2.27 bits per heavy atom. The Kier molecular flexibility index (Phi) is 24.9. The van der Waals surface area contributed by atoms with Gasteiger partial charge in [-0.05, 0) is 133 Å². The number of aliphatic hydroxyl groups is 1. The van der Waals surface area contributed by atoms with E-state index in [2.05, 4.69) is 36.1 Å². The summed E-state index contributed by atoms with van der Waals surface area (Å²) < 4.78 is 24.7. The molecule has 3 aromatic carbocycles. The third-order valence-corrected chi connectivity index (χ3v) is 20.7. The number of benzene rings is 3. The normalized spacial score (nSPS) is 19.9. The van der Waals surface area contributed by atoms with E-state index in [1.54, 1.807) is 35.0 Å². The second kappa shape index (κ2) is 32.2. The van der Waals surface area contributed by atoms with E-state index in [-0.39, 0.29) is 105 Å². The molecule has 9 atom stereocenters. The molecule has 3 saturated heterocycles. The van der Waals surface area contributed by atoms with E-state index in [1.807, 2.05) is 86.6 Å². The number of aliphatic hydroxyl groups excluding tert-OH is 1. The first-order chi connectivity index (χ1) is 45.3. The maximum absolute atomic E-state index is 14.8. The van der Waals surface area contributed by atoms with E-state index in [0.717, 1.165) is 21.7 Å². The second-order valence-electron chi connectivity index (χ2n) is 26.8. The number of nitrogens with two attached hydrogens (primary N) is 1. The van der Waals surface area contributed by atoms with Gasteiger partial charge in [-0.25, -0.2) is 4.98 Å². The average molecular weight is 1390 g/mol. The van der Waals surface area contributed by atoms with Crippen molar-refractivity contribution >= 4 is 94.2 Å². The van der Waals surface area contributed by atoms with Gasteiger partial charge in [0, 0.05) is 87.0 Å². The van der Waals surface area contributed by atoms with Crippen LogP contribution in [0.4, 0.5) is 0 Å². The first kappa shape index (κ1) is 74.2. The van der Waals surface area contributed by atoms with Gasteiger partial charge in [-0.3, -0.25) is 52.6 Å². The number of aromatic nitrogens is 2. The monoisotopic (exact) mass is 1380 g/mol. The number of ether oxygens (including phenoxy) is 1. The van der Waals surface area contributed by atoms with Crippen molar-refractivity contribution in [3.8, 4) is 16.2 Å². The molecule has 96 heavy (non-hydrogen) atoms. The van der Waals surface area contributed by atoms with Crippen molar-refractivity contribution in [1.29, 1.82) is 0 Å². The van der Waals surface area contributed by atoms with Crippen molar-refractivity contribution in [2.24, 2.45) is 11.1 Å². The van der Waals surface area contributed by atoms with Crippen LogP contribution in [-0.2, 0) is 49.1 Å². The van der Waals surface area contributed by atoms with Crippen LogP contribution in [-0.4, -0.2) is 186 Å². The van der Waals surface area contributed by atoms with Gasteiger partial charge in [0.1, 0.15) is 42.2 Å². The standard InChI is InChI=1S/C68H91ClN11O14PS/c1-38(2)78(39(3)4)29-30-94-95(91,92)67(90)46-21-24-51-47(31-46)32-52(74-51)62(85)75-53-35-77(42(7)81)28-27-49-23-25-54(80(49)65(53)88)63(86)73-48(22-26-57(70)83)36-93-56-15-11-13-44(59(56)69)14-12-16-58(84)76-61(68(8,9)10)66(89)79-34-50(82)33-55(79)64(87)72-40(5)43-17-19-45(20-18-43)60-41(6)71-37-96-60/h11,13,15,17-21,24,31-32,37-40,48-50,53-55,61,74,82H,12,14,16,22-23,25-30,33-36H2,1-10H3,(H2,70,83)(H,72,87)(H,73,86)(H,75,85)(H,76,84)(H,91,92)/t40-,48-,49+,50+,53-,54-,55-,61+/m0/s1. The average Bonchev–Trinajstić information content (AvgIpc) is 1.60. The Labute approximate surface area is 568 Å². The predicted molar refractivity (Wildman–Crippen MR) is 364 cm³/mol. The summed E-state index contributed by atoms with van der Waals surface area (Å²) in [5, 5.41) is 23.1. The number of likely N-dealkylation sites (tertiary alicyclic amines) is 1. The van der Waals surface area contributed by atoms with Gasteiger partial charge in [0.2, 0.25) is 41.4 Å². The SMILES string of the molecule is CC(=O)N1CC[C@H]2CC[C@@H](C(=O)N[C@@H](CCC(N)=O)COc3cccc(CCCC(=O)N[C@H](C(=O)N4C[C@H](O)C[C@H]4C(=O)N[C@@H](C)c4ccc(-c5scnc5C)cc4)C(C)(C)C)c3Cl)N2C(=O)[C@@H](NC(=O)c2cc3cc(C(=O)P(=O)(O)OCCN(C(C)C)C(C)C)ccc3[nH]2)C1. The molecule has 28 heteroatoms. The number of fused-ring (bicyclic) bond motifs is 2. The summed E-state index contributed by atoms with van der Waals surface area (Å²) in [6.45, 7) is 18.5. The summed E-state index contributed by atoms with van der Waals surface area (Å²) in [5.41, 5.74) is 9.17. The lowest BCUT2D eigenvalue weighted by Crippen LogP contribution is -2.61. The van der Waals surface area contributed by atoms with Crippen molar-refractivity contribution < 1.29 is 67.0 Å². The molecule has 0 spiro atoms. The van der Waals surface area contributed by atoms with Crippen molar-refractivity contribution in [3.63, 3.8) is 0 Å². The number of nitrogens with zero attached hydrogens (tertiary/aromatic N) is 5. The Bertz CT molecular complexity index is 3720. The Morgan fingerprint density at radius 1 is 0.906 bits per heavy atom. The van der Waals surface area contributed by atoms with E-state index in [4.69, 9.17) is 26.6 Å². The maximum Gasteiger partial charge on any atom is 0.399 e. The summed E-state index contributed by atoms with van der Waals surface area (Å²) in [4.78, 5) is 149. The van der Waals surface area contributed by atoms with E-state index in [0.29, 0.717) is 48.7 Å². The van der Waals surface area contributed by atoms with Gasteiger partial charge < -0.3 is 65.9 Å². The maximum atomic E-state index is 14.8. The summed E-state index contributed by atoms with van der Waals surface area (Å²) >= 11 is 8.50. The molecule has 0 saturated carbocycles. The molecule has 3 aliphatic heterocycles. The molecule has 0 aliphatic carbocycles. The van der Waals surface area contributed by atoms with Crippen molar-refractivity contribution in [1.82, 2.24) is 50.8 Å². The zero-order valence-electron chi connectivity index (χ0n) is 56.1. The van der Waals surface area contributed by atoms with E-state index in [1.165, 1.54) is 45.9 Å². The van der Waals surface area contributed by atoms with E-state index in [9.17, 15) is 57.7 Å². The fourth-order valence-corrected chi connectivity index (χ4v) is 14.8. The first-order valence-corrected chi connectivity index (χ1v) is 35.5. The number of halogens is 1. The highest BCUT2D eigenvalue weighted by Gasteiger charge is 2.47. The molecular formula is C68H91ClN11O14PS. The highest BCUT2D eigenvalue weighted by atomic mass is 35.5. The summed E-state index contributed by atoms with van der Waals surface area (Å²) in [7, 11) is -4.77. The number of nitrogens with one attached hydrogen (secondary N) is 5. The highest BCUT2D eigenvalue weighted by Crippen LogP contribution is 2.46. The zero-order chi connectivity index (χ0) is 70.1. The topological polar surface area (TPSA) is 345 Å². The number of carbonyl (C=O) groups is 9. The third-order valence-electron chi connectivity index (χ3n) is 18.0. The number of primary amides is 1. The molecule has 1 unspecified atom stereocenters. The molecule has 0 bridgehead atoms. The molecule has 5 heterocycles. The number of aryl methyl sites for hydroxylation is 2. The number of rotatable bonds is 28. The van der Waals surface area contributed by atoms with Gasteiger partial charge in [0.25, 0.3) is 11.4 Å². The molecule has 520 valence electrons. The number of aromatic amines is 1. The van der Waals surface area contributed by atoms with Gasteiger partial charge in [0.15, 0.2) is 0 Å². The Morgan fingerprint density at radius 2 is 1.61 bits per heavy atom. The van der Waals surface area contributed by atoms with E-state index < -0.39 is 108 Å². The van der Waals surface area contributed by atoms with Crippen LogP contribution in [0.3, 0.4) is 0 Å². The minimum Gasteiger partial charge on any atom is -0.490 e. The highest BCUT2D eigenvalue weighted by molar-refractivity contribution is 7.71. The smallest absolute Gasteiger partial charge is 0.399 e. The fraction of sp³-hybridized carbons (Fsp3) is 0.529. The Hall–Kier alpha value is -7.58. The zero-order valence-corrected chi connectivity index (χ0v) is 58.6. The molecule has 8 rings (SSSR count). The predicted octanol–water partition coefficient (Wildman–Crippen LogP) is 6.95. The van der Waals surface area contributed by atoms with Crippen LogP contribution < -0.4 is 31.7 Å². The molecule has 0 radical (unpaired) electrons. The van der Waals surface area contributed by atoms with Crippen molar-refractivity contribution in [2.75, 3.05) is 39.4 Å². The number of amides is 8. The lowest BCUT2D eigenvalue weighted by Gasteiger charge is -2.38. The van der Waals surface area contributed by atoms with Crippen LogP contribution in [0, 0.1) is 12.3 Å². The molecule has 8 amide bonds. The van der Waals surface area contributed by atoms with Crippen LogP contribution in [0.15, 0.2) is 72.2 Å². The molecule has 25 nitrogen and oxygen atoms in total. The summed E-state index contributed by atoms with van der Waals surface area (Å²) in [5.74, 6) is -3.93. The molecule has 5 aromatic rings.